The normalized spacial score (nSPS) is 29.0. The van der Waals surface area contributed by atoms with Crippen LogP contribution in [0.3, 0.4) is 0 Å². The van der Waals surface area contributed by atoms with Gasteiger partial charge in [-0.05, 0) is 5.92 Å². The molecule has 3 nitrogen and oxygen atoms in total. The van der Waals surface area contributed by atoms with E-state index in [1.54, 1.807) is 0 Å². The molecule has 3 N–H and O–H groups in total. The van der Waals surface area contributed by atoms with E-state index >= 15 is 0 Å². The Morgan fingerprint density at radius 2 is 2.11 bits per heavy atom. The van der Waals surface area contributed by atoms with Crippen molar-refractivity contribution in [3.8, 4) is 0 Å². The third kappa shape index (κ3) is 1.93. The molecular weight excluding hydrogens is 114 g/mol. The third-order valence-corrected chi connectivity index (χ3v) is 1.54. The number of hydrogen-bond donors (Lipinski definition) is 3. The largest absolute Gasteiger partial charge is 0.299 e. The molecule has 1 heterocycles. The topological polar surface area (TPSA) is 36.1 Å². The molecule has 1 rings (SSSR count). The van der Waals surface area contributed by atoms with Crippen molar-refractivity contribution in [3.63, 3.8) is 0 Å². The first-order valence-corrected chi connectivity index (χ1v) is 3.52. The van der Waals surface area contributed by atoms with Gasteiger partial charge in [-0.1, -0.05) is 13.8 Å². The molecule has 1 aliphatic rings. The summed E-state index contributed by atoms with van der Waals surface area (Å²) in [6.07, 6.45) is 0.443. The van der Waals surface area contributed by atoms with Gasteiger partial charge >= 0.3 is 0 Å². The predicted molar refractivity (Wildman–Crippen MR) is 37.8 cm³/mol. The van der Waals surface area contributed by atoms with Crippen LogP contribution in [-0.4, -0.2) is 19.3 Å². The molecule has 0 saturated carbocycles. The van der Waals surface area contributed by atoms with Crippen LogP contribution >= 0.6 is 0 Å². The van der Waals surface area contributed by atoms with Gasteiger partial charge in [-0.25, -0.2) is 5.43 Å². The molecule has 3 heteroatoms. The minimum atomic E-state index is 0.443. The van der Waals surface area contributed by atoms with Crippen LogP contribution in [0.5, 0.6) is 0 Å². The van der Waals surface area contributed by atoms with Gasteiger partial charge in [0.1, 0.15) is 0 Å². The molecule has 0 spiro atoms. The summed E-state index contributed by atoms with van der Waals surface area (Å²) in [5.74, 6) is 0.651. The Hall–Kier alpha value is -0.120. The van der Waals surface area contributed by atoms with Crippen LogP contribution in [0.2, 0.25) is 0 Å². The maximum Gasteiger partial charge on any atom is 0.0727 e. The molecule has 0 aromatic carbocycles. The van der Waals surface area contributed by atoms with Gasteiger partial charge in [0.15, 0.2) is 0 Å². The lowest BCUT2D eigenvalue weighted by Crippen LogP contribution is -2.59. The first kappa shape index (κ1) is 6.99. The number of rotatable bonds is 1. The first-order chi connectivity index (χ1) is 4.30. The lowest BCUT2D eigenvalue weighted by atomic mass is 10.1. The molecule has 0 bridgehead atoms. The lowest BCUT2D eigenvalue weighted by molar-refractivity contribution is 0.258. The van der Waals surface area contributed by atoms with Crippen LogP contribution < -0.4 is 16.2 Å². The van der Waals surface area contributed by atoms with E-state index in [-0.39, 0.29) is 0 Å². The van der Waals surface area contributed by atoms with E-state index in [1.807, 2.05) is 0 Å². The van der Waals surface area contributed by atoms with Crippen molar-refractivity contribution in [1.29, 1.82) is 0 Å². The van der Waals surface area contributed by atoms with Crippen LogP contribution in [-0.2, 0) is 0 Å². The Labute approximate surface area is 56.2 Å². The summed E-state index contributed by atoms with van der Waals surface area (Å²) >= 11 is 0. The zero-order valence-corrected chi connectivity index (χ0v) is 6.07. The van der Waals surface area contributed by atoms with Gasteiger partial charge in [-0.3, -0.25) is 10.7 Å². The van der Waals surface area contributed by atoms with Gasteiger partial charge in [-0.15, -0.1) is 0 Å². The molecule has 0 radical (unpaired) electrons. The highest BCUT2D eigenvalue weighted by atomic mass is 15.4. The second-order valence-electron chi connectivity index (χ2n) is 2.75. The lowest BCUT2D eigenvalue weighted by Gasteiger charge is -2.28. The van der Waals surface area contributed by atoms with Crippen LogP contribution in [0.15, 0.2) is 0 Å². The fourth-order valence-electron chi connectivity index (χ4n) is 0.926. The Kier molecular flexibility index (Phi) is 2.45. The Morgan fingerprint density at radius 1 is 1.33 bits per heavy atom. The zero-order valence-electron chi connectivity index (χ0n) is 6.07. The van der Waals surface area contributed by atoms with Gasteiger partial charge in [-0.2, -0.15) is 0 Å². The van der Waals surface area contributed by atoms with Crippen LogP contribution in [0.1, 0.15) is 13.8 Å². The van der Waals surface area contributed by atoms with Crippen molar-refractivity contribution in [3.05, 3.63) is 0 Å². The zero-order chi connectivity index (χ0) is 6.69. The highest BCUT2D eigenvalue weighted by Gasteiger charge is 2.13. The molecule has 1 unspecified atom stereocenters. The standard InChI is InChI=1S/C6H15N3/c1-5(2)6-7-3-4-8-9-6/h5-9H,3-4H2,1-2H3. The van der Waals surface area contributed by atoms with Crippen LogP contribution in [0, 0.1) is 5.92 Å². The Morgan fingerprint density at radius 3 is 2.44 bits per heavy atom. The molecule has 0 aromatic heterocycles. The third-order valence-electron chi connectivity index (χ3n) is 1.54. The molecule has 1 aliphatic heterocycles. The Bertz CT molecular complexity index is 76.4. The average Bonchev–Trinajstić information content (AvgIpc) is 1.90. The molecule has 1 saturated heterocycles. The van der Waals surface area contributed by atoms with Crippen molar-refractivity contribution in [2.24, 2.45) is 5.92 Å². The molecule has 9 heavy (non-hydrogen) atoms. The van der Waals surface area contributed by atoms with Gasteiger partial charge in [0, 0.05) is 13.1 Å². The summed E-state index contributed by atoms with van der Waals surface area (Å²) in [5, 5.41) is 3.34. The highest BCUT2D eigenvalue weighted by Crippen LogP contribution is 1.97. The minimum absolute atomic E-state index is 0.443. The molecular formula is C6H15N3. The molecule has 0 aliphatic carbocycles. The van der Waals surface area contributed by atoms with Crippen LogP contribution in [0.25, 0.3) is 0 Å². The second-order valence-corrected chi connectivity index (χ2v) is 2.75. The summed E-state index contributed by atoms with van der Waals surface area (Å²) in [5.41, 5.74) is 6.26. The molecule has 1 atom stereocenters. The van der Waals surface area contributed by atoms with E-state index in [1.165, 1.54) is 0 Å². The molecule has 0 amide bonds. The number of hydrazine groups is 1. The van der Waals surface area contributed by atoms with E-state index in [0.29, 0.717) is 12.1 Å². The van der Waals surface area contributed by atoms with Crippen LogP contribution in [0.4, 0.5) is 0 Å². The summed E-state index contributed by atoms with van der Waals surface area (Å²) in [7, 11) is 0. The van der Waals surface area contributed by atoms with E-state index in [4.69, 9.17) is 0 Å². The Balaban J connectivity index is 2.23. The number of hydrogen-bond acceptors (Lipinski definition) is 3. The van der Waals surface area contributed by atoms with Gasteiger partial charge < -0.3 is 0 Å². The molecule has 1 fully saturated rings. The monoisotopic (exact) mass is 129 g/mol. The van der Waals surface area contributed by atoms with Crippen molar-refractivity contribution < 1.29 is 0 Å². The highest BCUT2D eigenvalue weighted by molar-refractivity contribution is 4.70. The van der Waals surface area contributed by atoms with E-state index in [0.717, 1.165) is 13.1 Å². The first-order valence-electron chi connectivity index (χ1n) is 3.52. The van der Waals surface area contributed by atoms with E-state index in [9.17, 15) is 0 Å². The average molecular weight is 129 g/mol. The van der Waals surface area contributed by atoms with Gasteiger partial charge in [0.05, 0.1) is 6.17 Å². The van der Waals surface area contributed by atoms with E-state index < -0.39 is 0 Å². The predicted octanol–water partition coefficient (Wildman–Crippen LogP) is -0.334. The van der Waals surface area contributed by atoms with Crippen molar-refractivity contribution >= 4 is 0 Å². The maximum absolute atomic E-state index is 3.34. The smallest absolute Gasteiger partial charge is 0.0727 e. The minimum Gasteiger partial charge on any atom is -0.299 e. The van der Waals surface area contributed by atoms with Crippen molar-refractivity contribution in [1.82, 2.24) is 16.2 Å². The number of nitrogens with one attached hydrogen (secondary N) is 3. The van der Waals surface area contributed by atoms with Crippen molar-refractivity contribution in [2.75, 3.05) is 13.1 Å². The molecule has 0 aromatic rings. The summed E-state index contributed by atoms with van der Waals surface area (Å²) < 4.78 is 0. The fourth-order valence-corrected chi connectivity index (χ4v) is 0.926. The SMILES string of the molecule is CC(C)C1NCCNN1. The maximum atomic E-state index is 3.34. The molecule has 54 valence electrons. The van der Waals surface area contributed by atoms with Gasteiger partial charge in [0.25, 0.3) is 0 Å². The van der Waals surface area contributed by atoms with Crippen molar-refractivity contribution in [2.45, 2.75) is 20.0 Å². The van der Waals surface area contributed by atoms with Gasteiger partial charge in [0.2, 0.25) is 0 Å². The van der Waals surface area contributed by atoms with E-state index in [2.05, 4.69) is 30.0 Å². The summed E-state index contributed by atoms with van der Waals surface area (Å²) in [4.78, 5) is 0. The summed E-state index contributed by atoms with van der Waals surface area (Å²) in [6.45, 7) is 6.47. The second kappa shape index (κ2) is 3.15. The quantitative estimate of drug-likeness (QED) is 0.453. The fraction of sp³-hybridized carbons (Fsp3) is 1.00. The summed E-state index contributed by atoms with van der Waals surface area (Å²) in [6, 6.07) is 0.